The van der Waals surface area contributed by atoms with Crippen molar-refractivity contribution in [2.24, 2.45) is 0 Å². The van der Waals surface area contributed by atoms with Gasteiger partial charge in [-0.15, -0.1) is 0 Å². The highest BCUT2D eigenvalue weighted by Crippen LogP contribution is 2.28. The predicted molar refractivity (Wildman–Crippen MR) is 91.2 cm³/mol. The number of nitrogens with zero attached hydrogens (tertiary/aromatic N) is 2. The van der Waals surface area contributed by atoms with Crippen molar-refractivity contribution in [2.75, 3.05) is 0 Å². The maximum Gasteiger partial charge on any atom is 0.0641 e. The minimum absolute atomic E-state index is 1.10. The van der Waals surface area contributed by atoms with Gasteiger partial charge >= 0.3 is 0 Å². The normalized spacial score (nSPS) is 11.0. The van der Waals surface area contributed by atoms with Crippen LogP contribution in [0.2, 0.25) is 0 Å². The third-order valence-corrected chi connectivity index (χ3v) is 4.00. The number of aryl methyl sites for hydroxylation is 1. The molecule has 0 aliphatic rings. The van der Waals surface area contributed by atoms with Gasteiger partial charge in [0.15, 0.2) is 0 Å². The molecule has 0 aliphatic carbocycles. The first kappa shape index (κ1) is 12.8. The molecule has 0 saturated carbocycles. The van der Waals surface area contributed by atoms with Crippen molar-refractivity contribution in [3.8, 4) is 16.8 Å². The molecule has 22 heavy (non-hydrogen) atoms. The topological polar surface area (TPSA) is 17.8 Å². The van der Waals surface area contributed by atoms with Gasteiger partial charge < -0.3 is 4.57 Å². The van der Waals surface area contributed by atoms with Gasteiger partial charge in [0.1, 0.15) is 0 Å². The molecule has 0 saturated heterocycles. The van der Waals surface area contributed by atoms with Crippen molar-refractivity contribution < 1.29 is 0 Å². The number of aromatic nitrogens is 2. The van der Waals surface area contributed by atoms with E-state index in [1.807, 2.05) is 18.3 Å². The summed E-state index contributed by atoms with van der Waals surface area (Å²) < 4.78 is 2.25. The molecule has 0 atom stereocenters. The molecule has 2 aromatic carbocycles. The number of benzene rings is 2. The van der Waals surface area contributed by atoms with Crippen LogP contribution in [0, 0.1) is 6.92 Å². The molecule has 0 amide bonds. The summed E-state index contributed by atoms with van der Waals surface area (Å²) in [7, 11) is 0. The molecule has 106 valence electrons. The molecule has 2 heteroatoms. The Morgan fingerprint density at radius 3 is 2.45 bits per heavy atom. The van der Waals surface area contributed by atoms with Gasteiger partial charge in [0.25, 0.3) is 0 Å². The fourth-order valence-corrected chi connectivity index (χ4v) is 2.99. The Balaban J connectivity index is 1.90. The van der Waals surface area contributed by atoms with E-state index in [0.29, 0.717) is 0 Å². The zero-order valence-electron chi connectivity index (χ0n) is 12.4. The lowest BCUT2D eigenvalue weighted by atomic mass is 10.0. The van der Waals surface area contributed by atoms with Crippen LogP contribution in [0.4, 0.5) is 0 Å². The zero-order valence-corrected chi connectivity index (χ0v) is 12.4. The average Bonchev–Trinajstić information content (AvgIpc) is 2.91. The van der Waals surface area contributed by atoms with E-state index in [4.69, 9.17) is 0 Å². The molecule has 0 bridgehead atoms. The molecule has 0 radical (unpaired) electrons. The smallest absolute Gasteiger partial charge is 0.0641 e. The minimum atomic E-state index is 1.10. The van der Waals surface area contributed by atoms with E-state index < -0.39 is 0 Å². The summed E-state index contributed by atoms with van der Waals surface area (Å²) in [6, 6.07) is 23.4. The van der Waals surface area contributed by atoms with E-state index in [1.165, 1.54) is 27.7 Å². The van der Waals surface area contributed by atoms with Gasteiger partial charge in [-0.3, -0.25) is 4.98 Å². The fourth-order valence-electron chi connectivity index (χ4n) is 2.99. The molecule has 0 spiro atoms. The number of fused-ring (bicyclic) bond motifs is 1. The summed E-state index contributed by atoms with van der Waals surface area (Å²) in [6.45, 7) is 2.13. The van der Waals surface area contributed by atoms with Crippen LogP contribution < -0.4 is 0 Å². The Morgan fingerprint density at radius 2 is 1.68 bits per heavy atom. The first-order valence-electron chi connectivity index (χ1n) is 7.41. The van der Waals surface area contributed by atoms with Crippen LogP contribution in [0.25, 0.3) is 27.7 Å². The third kappa shape index (κ3) is 2.09. The van der Waals surface area contributed by atoms with Gasteiger partial charge in [-0.2, -0.15) is 0 Å². The molecule has 2 nitrogen and oxygen atoms in total. The van der Waals surface area contributed by atoms with Gasteiger partial charge in [0, 0.05) is 17.3 Å². The molecule has 0 N–H and O–H groups in total. The monoisotopic (exact) mass is 284 g/mol. The highest BCUT2D eigenvalue weighted by molar-refractivity contribution is 5.87. The maximum absolute atomic E-state index is 4.23. The third-order valence-electron chi connectivity index (χ3n) is 4.00. The summed E-state index contributed by atoms with van der Waals surface area (Å²) in [5, 5.41) is 1.25. The summed E-state index contributed by atoms with van der Waals surface area (Å²) in [5.74, 6) is 0. The molecule has 0 aliphatic heterocycles. The summed E-state index contributed by atoms with van der Waals surface area (Å²) in [4.78, 5) is 4.23. The predicted octanol–water partition coefficient (Wildman–Crippen LogP) is 5.00. The Bertz CT molecular complexity index is 922. The lowest BCUT2D eigenvalue weighted by Crippen LogP contribution is -1.96. The largest absolute Gasteiger partial charge is 0.312 e. The molecular formula is C20H16N2. The van der Waals surface area contributed by atoms with Crippen LogP contribution in [-0.2, 0) is 0 Å². The average molecular weight is 284 g/mol. The van der Waals surface area contributed by atoms with E-state index in [9.17, 15) is 0 Å². The van der Waals surface area contributed by atoms with E-state index in [-0.39, 0.29) is 0 Å². The van der Waals surface area contributed by atoms with Gasteiger partial charge in [-0.1, -0.05) is 36.4 Å². The van der Waals surface area contributed by atoms with Crippen molar-refractivity contribution >= 4 is 10.9 Å². The summed E-state index contributed by atoms with van der Waals surface area (Å²) in [6.07, 6.45) is 3.70. The summed E-state index contributed by atoms with van der Waals surface area (Å²) in [5.41, 5.74) is 6.02. The molecule has 4 rings (SSSR count). The van der Waals surface area contributed by atoms with E-state index >= 15 is 0 Å². The van der Waals surface area contributed by atoms with Crippen LogP contribution in [0.3, 0.4) is 0 Å². The second kappa shape index (κ2) is 5.15. The van der Waals surface area contributed by atoms with E-state index in [1.54, 1.807) is 6.20 Å². The van der Waals surface area contributed by atoms with Crippen LogP contribution in [0.15, 0.2) is 79.1 Å². The maximum atomic E-state index is 4.23. The van der Waals surface area contributed by atoms with Crippen LogP contribution in [-0.4, -0.2) is 9.55 Å². The van der Waals surface area contributed by atoms with Crippen LogP contribution in [0.1, 0.15) is 5.69 Å². The van der Waals surface area contributed by atoms with Crippen LogP contribution >= 0.6 is 0 Å². The van der Waals surface area contributed by atoms with Crippen LogP contribution in [0.5, 0.6) is 0 Å². The number of rotatable bonds is 2. The second-order valence-electron chi connectivity index (χ2n) is 5.47. The number of pyridine rings is 1. The number of hydrogen-bond donors (Lipinski definition) is 0. The van der Waals surface area contributed by atoms with E-state index in [0.717, 1.165) is 5.69 Å². The van der Waals surface area contributed by atoms with Crippen molar-refractivity contribution in [1.82, 2.24) is 9.55 Å². The Morgan fingerprint density at radius 1 is 0.818 bits per heavy atom. The van der Waals surface area contributed by atoms with Gasteiger partial charge in [-0.05, 0) is 48.4 Å². The molecule has 4 aromatic rings. The minimum Gasteiger partial charge on any atom is -0.312 e. The van der Waals surface area contributed by atoms with E-state index in [2.05, 4.69) is 71.1 Å². The Labute approximate surface area is 129 Å². The second-order valence-corrected chi connectivity index (χ2v) is 5.47. The SMILES string of the molecule is Cc1cc2cc(-c3ccccc3)ccc2n1-c1cccnc1. The van der Waals surface area contributed by atoms with Gasteiger partial charge in [0.2, 0.25) is 0 Å². The Kier molecular flexibility index (Phi) is 3.01. The fraction of sp³-hybridized carbons (Fsp3) is 0.0500. The lowest BCUT2D eigenvalue weighted by molar-refractivity contribution is 1.04. The molecule has 0 fully saturated rings. The molecule has 0 unspecified atom stereocenters. The molecule has 2 aromatic heterocycles. The van der Waals surface area contributed by atoms with Crippen molar-refractivity contribution in [3.63, 3.8) is 0 Å². The first-order valence-corrected chi connectivity index (χ1v) is 7.41. The Hall–Kier alpha value is -2.87. The van der Waals surface area contributed by atoms with Gasteiger partial charge in [0.05, 0.1) is 17.4 Å². The quantitative estimate of drug-likeness (QED) is 0.506. The standard InChI is InChI=1S/C20H16N2/c1-15-12-18-13-17(16-6-3-2-4-7-16)9-10-20(18)22(15)19-8-5-11-21-14-19/h2-14H,1H3. The van der Waals surface area contributed by atoms with Crippen molar-refractivity contribution in [1.29, 1.82) is 0 Å². The van der Waals surface area contributed by atoms with Crippen molar-refractivity contribution in [2.45, 2.75) is 6.92 Å². The first-order chi connectivity index (χ1) is 10.8. The highest BCUT2D eigenvalue weighted by atomic mass is 15.0. The lowest BCUT2D eigenvalue weighted by Gasteiger charge is -2.08. The summed E-state index contributed by atoms with van der Waals surface area (Å²) >= 11 is 0. The van der Waals surface area contributed by atoms with Crippen molar-refractivity contribution in [3.05, 3.63) is 84.8 Å². The highest BCUT2D eigenvalue weighted by Gasteiger charge is 2.08. The zero-order chi connectivity index (χ0) is 14.9. The molecule has 2 heterocycles. The number of hydrogen-bond acceptors (Lipinski definition) is 1. The van der Waals surface area contributed by atoms with Gasteiger partial charge in [-0.25, -0.2) is 0 Å². The molecular weight excluding hydrogens is 268 g/mol.